The molecule has 1 aromatic carbocycles. The summed E-state index contributed by atoms with van der Waals surface area (Å²) in [5.74, 6) is -0.265. The van der Waals surface area contributed by atoms with E-state index in [1.807, 2.05) is 20.8 Å². The van der Waals surface area contributed by atoms with E-state index in [0.717, 1.165) is 0 Å². The van der Waals surface area contributed by atoms with Gasteiger partial charge in [-0.2, -0.15) is 0 Å². The standard InChI is InChI=1S/C16H25N3O4S.ClH/c1-12(2)23-15-6-4-14(5-7-15)18-24(21,22)11-16(20)19-9-8-17-13(3)10-19;/h4-7,12-13,17-18H,8-11H2,1-3H3;1H. The quantitative estimate of drug-likeness (QED) is 0.766. The minimum atomic E-state index is -3.74. The SMILES string of the molecule is CC1CN(C(=O)CS(=O)(=O)Nc2ccc(OC(C)C)cc2)CCN1.Cl. The van der Waals surface area contributed by atoms with Crippen molar-refractivity contribution in [3.63, 3.8) is 0 Å². The van der Waals surface area contributed by atoms with E-state index in [2.05, 4.69) is 10.0 Å². The van der Waals surface area contributed by atoms with Crippen molar-refractivity contribution in [3.8, 4) is 5.75 Å². The second kappa shape index (κ2) is 9.26. The van der Waals surface area contributed by atoms with E-state index in [9.17, 15) is 13.2 Å². The number of halogens is 1. The Labute approximate surface area is 155 Å². The third kappa shape index (κ3) is 7.09. The summed E-state index contributed by atoms with van der Waals surface area (Å²) in [6.45, 7) is 7.53. The third-order valence-electron chi connectivity index (χ3n) is 3.53. The molecule has 7 nitrogen and oxygen atoms in total. The first kappa shape index (κ1) is 21.5. The lowest BCUT2D eigenvalue weighted by Crippen LogP contribution is -2.52. The van der Waals surface area contributed by atoms with Crippen LogP contribution in [0.5, 0.6) is 5.75 Å². The van der Waals surface area contributed by atoms with Crippen LogP contribution in [0.2, 0.25) is 0 Å². The minimum Gasteiger partial charge on any atom is -0.491 e. The van der Waals surface area contributed by atoms with Crippen LogP contribution in [0, 0.1) is 0 Å². The Kier molecular flexibility index (Phi) is 7.98. The molecule has 0 saturated carbocycles. The van der Waals surface area contributed by atoms with Crippen molar-refractivity contribution in [2.24, 2.45) is 0 Å². The van der Waals surface area contributed by atoms with Gasteiger partial charge in [0.15, 0.2) is 0 Å². The zero-order valence-electron chi connectivity index (χ0n) is 14.7. The summed E-state index contributed by atoms with van der Waals surface area (Å²) in [6.07, 6.45) is 0.0478. The first-order valence-electron chi connectivity index (χ1n) is 8.03. The Balaban J connectivity index is 0.00000312. The summed E-state index contributed by atoms with van der Waals surface area (Å²) in [4.78, 5) is 13.8. The van der Waals surface area contributed by atoms with E-state index in [4.69, 9.17) is 4.74 Å². The molecule has 1 aliphatic heterocycles. The Hall–Kier alpha value is -1.51. The maximum atomic E-state index is 12.2. The predicted molar refractivity (Wildman–Crippen MR) is 101 cm³/mol. The molecule has 0 bridgehead atoms. The predicted octanol–water partition coefficient (Wildman–Crippen LogP) is 1.46. The maximum Gasteiger partial charge on any atom is 0.241 e. The third-order valence-corrected chi connectivity index (χ3v) is 4.71. The maximum absolute atomic E-state index is 12.2. The van der Waals surface area contributed by atoms with Gasteiger partial charge in [0, 0.05) is 31.4 Å². The van der Waals surface area contributed by atoms with Crippen molar-refractivity contribution in [2.45, 2.75) is 32.9 Å². The normalized spacial score (nSPS) is 17.8. The van der Waals surface area contributed by atoms with Crippen LogP contribution in [-0.2, 0) is 14.8 Å². The molecule has 142 valence electrons. The highest BCUT2D eigenvalue weighted by atomic mass is 35.5. The lowest BCUT2D eigenvalue weighted by Gasteiger charge is -2.31. The fourth-order valence-electron chi connectivity index (χ4n) is 2.50. The number of rotatable bonds is 6. The number of hydrogen-bond acceptors (Lipinski definition) is 5. The van der Waals surface area contributed by atoms with Crippen molar-refractivity contribution >= 4 is 34.0 Å². The summed E-state index contributed by atoms with van der Waals surface area (Å²) in [5.41, 5.74) is 0.410. The number of piperazine rings is 1. The highest BCUT2D eigenvalue weighted by Crippen LogP contribution is 2.18. The number of nitrogens with zero attached hydrogens (tertiary/aromatic N) is 1. The molecule has 1 atom stereocenters. The van der Waals surface area contributed by atoms with Crippen LogP contribution in [0.3, 0.4) is 0 Å². The van der Waals surface area contributed by atoms with Gasteiger partial charge in [-0.1, -0.05) is 0 Å². The highest BCUT2D eigenvalue weighted by Gasteiger charge is 2.25. The molecular weight excluding hydrogens is 366 g/mol. The van der Waals surface area contributed by atoms with Gasteiger partial charge in [-0.3, -0.25) is 9.52 Å². The first-order valence-corrected chi connectivity index (χ1v) is 9.69. The lowest BCUT2D eigenvalue weighted by atomic mass is 10.2. The van der Waals surface area contributed by atoms with Gasteiger partial charge >= 0.3 is 0 Å². The van der Waals surface area contributed by atoms with Crippen LogP contribution in [0.1, 0.15) is 20.8 Å². The number of amides is 1. The molecule has 1 aliphatic rings. The molecule has 1 fully saturated rings. The van der Waals surface area contributed by atoms with Crippen LogP contribution >= 0.6 is 12.4 Å². The molecule has 9 heteroatoms. The van der Waals surface area contributed by atoms with Gasteiger partial charge in [0.2, 0.25) is 15.9 Å². The largest absolute Gasteiger partial charge is 0.491 e. The Bertz CT molecular complexity index is 664. The molecule has 2 N–H and O–H groups in total. The average molecular weight is 392 g/mol. The minimum absolute atomic E-state index is 0. The molecule has 0 aliphatic carbocycles. The molecule has 1 heterocycles. The second-order valence-corrected chi connectivity index (χ2v) is 7.97. The number of sulfonamides is 1. The summed E-state index contributed by atoms with van der Waals surface area (Å²) in [7, 11) is -3.74. The van der Waals surface area contributed by atoms with Crippen molar-refractivity contribution in [1.82, 2.24) is 10.2 Å². The van der Waals surface area contributed by atoms with E-state index in [0.29, 0.717) is 31.1 Å². The zero-order valence-corrected chi connectivity index (χ0v) is 16.3. The summed E-state index contributed by atoms with van der Waals surface area (Å²) >= 11 is 0. The van der Waals surface area contributed by atoms with Crippen LogP contribution in [0.15, 0.2) is 24.3 Å². The van der Waals surface area contributed by atoms with Crippen molar-refractivity contribution in [2.75, 3.05) is 30.1 Å². The van der Waals surface area contributed by atoms with E-state index < -0.39 is 15.8 Å². The van der Waals surface area contributed by atoms with Crippen molar-refractivity contribution < 1.29 is 17.9 Å². The molecule has 0 radical (unpaired) electrons. The Morgan fingerprint density at radius 2 is 2.00 bits per heavy atom. The Morgan fingerprint density at radius 3 is 2.56 bits per heavy atom. The van der Waals surface area contributed by atoms with Crippen LogP contribution < -0.4 is 14.8 Å². The van der Waals surface area contributed by atoms with Crippen LogP contribution in [-0.4, -0.2) is 56.8 Å². The fourth-order valence-corrected chi connectivity index (χ4v) is 3.58. The van der Waals surface area contributed by atoms with E-state index in [1.165, 1.54) is 0 Å². The molecule has 25 heavy (non-hydrogen) atoms. The summed E-state index contributed by atoms with van der Waals surface area (Å²) in [5, 5.41) is 3.22. The number of benzene rings is 1. The first-order chi connectivity index (χ1) is 11.2. The topological polar surface area (TPSA) is 87.7 Å². The number of nitrogens with one attached hydrogen (secondary N) is 2. The molecule has 0 aromatic heterocycles. The van der Waals surface area contributed by atoms with E-state index in [1.54, 1.807) is 29.2 Å². The van der Waals surface area contributed by atoms with Gasteiger partial charge in [-0.15, -0.1) is 12.4 Å². The monoisotopic (exact) mass is 391 g/mol. The van der Waals surface area contributed by atoms with Gasteiger partial charge in [0.1, 0.15) is 11.5 Å². The van der Waals surface area contributed by atoms with Crippen molar-refractivity contribution in [3.05, 3.63) is 24.3 Å². The smallest absolute Gasteiger partial charge is 0.241 e. The molecule has 1 saturated heterocycles. The fraction of sp³-hybridized carbons (Fsp3) is 0.562. The van der Waals surface area contributed by atoms with Gasteiger partial charge < -0.3 is 15.0 Å². The number of hydrogen-bond donors (Lipinski definition) is 2. The summed E-state index contributed by atoms with van der Waals surface area (Å²) in [6, 6.07) is 6.79. The van der Waals surface area contributed by atoms with Gasteiger partial charge in [0.25, 0.3) is 0 Å². The average Bonchev–Trinajstić information content (AvgIpc) is 2.48. The molecule has 1 amide bonds. The van der Waals surface area contributed by atoms with E-state index in [-0.39, 0.29) is 30.5 Å². The molecule has 2 rings (SSSR count). The molecule has 1 aromatic rings. The number of ether oxygens (including phenoxy) is 1. The van der Waals surface area contributed by atoms with Crippen molar-refractivity contribution in [1.29, 1.82) is 0 Å². The van der Waals surface area contributed by atoms with Gasteiger partial charge in [0.05, 0.1) is 6.10 Å². The highest BCUT2D eigenvalue weighted by molar-refractivity contribution is 7.93. The number of anilines is 1. The van der Waals surface area contributed by atoms with Crippen LogP contribution in [0.4, 0.5) is 5.69 Å². The summed E-state index contributed by atoms with van der Waals surface area (Å²) < 4.78 is 32.3. The van der Waals surface area contributed by atoms with Gasteiger partial charge in [-0.25, -0.2) is 8.42 Å². The molecule has 1 unspecified atom stereocenters. The van der Waals surface area contributed by atoms with E-state index >= 15 is 0 Å². The number of carbonyl (C=O) groups excluding carboxylic acids is 1. The molecular formula is C16H26ClN3O4S. The van der Waals surface area contributed by atoms with Crippen LogP contribution in [0.25, 0.3) is 0 Å². The number of carbonyl (C=O) groups is 1. The lowest BCUT2D eigenvalue weighted by molar-refractivity contribution is -0.129. The zero-order chi connectivity index (χ0) is 17.7. The Morgan fingerprint density at radius 1 is 1.36 bits per heavy atom. The van der Waals surface area contributed by atoms with Gasteiger partial charge in [-0.05, 0) is 45.0 Å². The second-order valence-electron chi connectivity index (χ2n) is 6.25. The molecule has 0 spiro atoms.